The summed E-state index contributed by atoms with van der Waals surface area (Å²) in [5.74, 6) is 0. The number of rotatable bonds is 2. The number of hydrogen-bond acceptors (Lipinski definition) is 3. The fourth-order valence-electron chi connectivity index (χ4n) is 0.967. The fraction of sp³-hybridized carbons (Fsp3) is 0.250. The Morgan fingerprint density at radius 1 is 1.50 bits per heavy atom. The topological polar surface area (TPSA) is 82.5 Å². The maximum absolute atomic E-state index is 12.1. The molecule has 0 saturated carbocycles. The Morgan fingerprint density at radius 3 is 2.62 bits per heavy atom. The molecule has 1 heterocycles. The number of carbonyl (C=O) groups is 1. The van der Waals surface area contributed by atoms with Crippen molar-refractivity contribution < 1.29 is 28.2 Å². The zero-order valence-corrected chi connectivity index (χ0v) is 7.69. The Labute approximate surface area is 87.5 Å². The lowest BCUT2D eigenvalue weighted by Crippen LogP contribution is -2.21. The maximum atomic E-state index is 12.1. The molecule has 16 heavy (non-hydrogen) atoms. The molecule has 5 nitrogen and oxygen atoms in total. The average Bonchev–Trinajstić information content (AvgIpc) is 2.14. The largest absolute Gasteiger partial charge is 0.465 e. The van der Waals surface area contributed by atoms with Gasteiger partial charge in [-0.05, 0) is 12.1 Å². The van der Waals surface area contributed by atoms with E-state index in [9.17, 15) is 18.0 Å². The molecule has 1 rings (SSSR count). The standard InChI is InChI=1S/C8H7F3N2O3/c9-8(10,11)6(14)5-3-4(1-2-12-5)13-7(15)16/h1-3,6,14H,(H,12,13)(H,15,16). The highest BCUT2D eigenvalue weighted by atomic mass is 19.4. The predicted molar refractivity (Wildman–Crippen MR) is 46.9 cm³/mol. The van der Waals surface area contributed by atoms with E-state index in [0.717, 1.165) is 12.3 Å². The minimum absolute atomic E-state index is 0.0965. The summed E-state index contributed by atoms with van der Waals surface area (Å²) in [6, 6.07) is 1.98. The van der Waals surface area contributed by atoms with Crippen LogP contribution >= 0.6 is 0 Å². The van der Waals surface area contributed by atoms with E-state index in [1.165, 1.54) is 6.07 Å². The minimum Gasteiger partial charge on any atom is -0.465 e. The van der Waals surface area contributed by atoms with Gasteiger partial charge in [0.15, 0.2) is 6.10 Å². The maximum Gasteiger partial charge on any atom is 0.420 e. The second kappa shape index (κ2) is 4.35. The van der Waals surface area contributed by atoms with Crippen molar-refractivity contribution >= 4 is 11.8 Å². The van der Waals surface area contributed by atoms with Gasteiger partial charge in [-0.2, -0.15) is 13.2 Å². The van der Waals surface area contributed by atoms with E-state index in [4.69, 9.17) is 10.2 Å². The molecular weight excluding hydrogens is 229 g/mol. The number of pyridine rings is 1. The van der Waals surface area contributed by atoms with E-state index in [1.54, 1.807) is 0 Å². The van der Waals surface area contributed by atoms with Gasteiger partial charge in [-0.3, -0.25) is 10.3 Å². The number of nitrogens with one attached hydrogen (secondary N) is 1. The minimum atomic E-state index is -4.84. The van der Waals surface area contributed by atoms with Crippen LogP contribution in [0.2, 0.25) is 0 Å². The van der Waals surface area contributed by atoms with Crippen molar-refractivity contribution in [1.82, 2.24) is 4.98 Å². The quantitative estimate of drug-likeness (QED) is 0.730. The third-order valence-electron chi connectivity index (χ3n) is 1.62. The van der Waals surface area contributed by atoms with Crippen LogP contribution < -0.4 is 5.32 Å². The molecule has 8 heteroatoms. The Morgan fingerprint density at radius 2 is 2.12 bits per heavy atom. The summed E-state index contributed by atoms with van der Waals surface area (Å²) >= 11 is 0. The van der Waals surface area contributed by atoms with Gasteiger partial charge in [0, 0.05) is 11.9 Å². The summed E-state index contributed by atoms with van der Waals surface area (Å²) in [5, 5.41) is 19.0. The van der Waals surface area contributed by atoms with Gasteiger partial charge in [-0.15, -0.1) is 0 Å². The first-order valence-electron chi connectivity index (χ1n) is 4.01. The first-order chi connectivity index (χ1) is 7.30. The number of halogens is 3. The first-order valence-corrected chi connectivity index (χ1v) is 4.01. The van der Waals surface area contributed by atoms with Gasteiger partial charge < -0.3 is 10.2 Å². The van der Waals surface area contributed by atoms with Crippen LogP contribution in [-0.4, -0.2) is 27.5 Å². The highest BCUT2D eigenvalue weighted by Gasteiger charge is 2.40. The third kappa shape index (κ3) is 3.09. The van der Waals surface area contributed by atoms with Crippen LogP contribution in [0.5, 0.6) is 0 Å². The zero-order valence-electron chi connectivity index (χ0n) is 7.69. The molecule has 0 aromatic carbocycles. The third-order valence-corrected chi connectivity index (χ3v) is 1.62. The molecule has 88 valence electrons. The molecule has 0 aliphatic carbocycles. The molecule has 0 spiro atoms. The number of aromatic nitrogens is 1. The second-order valence-electron chi connectivity index (χ2n) is 2.84. The summed E-state index contributed by atoms with van der Waals surface area (Å²) in [6.45, 7) is 0. The lowest BCUT2D eigenvalue weighted by molar-refractivity contribution is -0.207. The molecule has 3 N–H and O–H groups in total. The average molecular weight is 236 g/mol. The van der Waals surface area contributed by atoms with Gasteiger partial charge in [-0.25, -0.2) is 4.79 Å². The van der Waals surface area contributed by atoms with Crippen molar-refractivity contribution in [2.45, 2.75) is 12.3 Å². The van der Waals surface area contributed by atoms with Crippen LogP contribution in [0.4, 0.5) is 23.7 Å². The van der Waals surface area contributed by atoms with Crippen LogP contribution in [-0.2, 0) is 0 Å². The van der Waals surface area contributed by atoms with Crippen LogP contribution in [0, 0.1) is 0 Å². The van der Waals surface area contributed by atoms with E-state index in [2.05, 4.69) is 4.98 Å². The molecule has 1 unspecified atom stereocenters. The fourth-order valence-corrected chi connectivity index (χ4v) is 0.967. The number of anilines is 1. The van der Waals surface area contributed by atoms with Gasteiger partial charge in [0.05, 0.1) is 5.69 Å². The number of aliphatic hydroxyl groups excluding tert-OH is 1. The molecule has 0 aliphatic heterocycles. The zero-order chi connectivity index (χ0) is 12.3. The number of hydrogen-bond donors (Lipinski definition) is 3. The number of carboxylic acid groups (broad SMARTS) is 1. The van der Waals surface area contributed by atoms with Gasteiger partial charge in [0.25, 0.3) is 0 Å². The van der Waals surface area contributed by atoms with Crippen LogP contribution in [0.15, 0.2) is 18.3 Å². The van der Waals surface area contributed by atoms with Crippen molar-refractivity contribution in [2.24, 2.45) is 0 Å². The van der Waals surface area contributed by atoms with Crippen molar-refractivity contribution in [3.8, 4) is 0 Å². The summed E-state index contributed by atoms with van der Waals surface area (Å²) < 4.78 is 36.3. The Balaban J connectivity index is 2.94. The van der Waals surface area contributed by atoms with Crippen LogP contribution in [0.25, 0.3) is 0 Å². The molecular formula is C8H7F3N2O3. The second-order valence-corrected chi connectivity index (χ2v) is 2.84. The molecule has 1 amide bonds. The Bertz CT molecular complexity index is 394. The van der Waals surface area contributed by atoms with Crippen LogP contribution in [0.3, 0.4) is 0 Å². The van der Waals surface area contributed by atoms with Crippen molar-refractivity contribution in [3.05, 3.63) is 24.0 Å². The summed E-state index contributed by atoms with van der Waals surface area (Å²) in [4.78, 5) is 13.5. The van der Waals surface area contributed by atoms with Crippen molar-refractivity contribution in [2.75, 3.05) is 5.32 Å². The molecule has 0 bridgehead atoms. The van der Waals surface area contributed by atoms with Crippen molar-refractivity contribution in [3.63, 3.8) is 0 Å². The van der Waals surface area contributed by atoms with Crippen LogP contribution in [0.1, 0.15) is 11.8 Å². The summed E-state index contributed by atoms with van der Waals surface area (Å²) in [6.07, 6.45) is -8.02. The summed E-state index contributed by atoms with van der Waals surface area (Å²) in [5.41, 5.74) is -0.764. The van der Waals surface area contributed by atoms with Gasteiger partial charge >= 0.3 is 12.3 Å². The molecule has 0 aliphatic rings. The van der Waals surface area contributed by atoms with E-state index < -0.39 is 24.1 Å². The van der Waals surface area contributed by atoms with E-state index >= 15 is 0 Å². The number of aliphatic hydroxyl groups is 1. The Kier molecular flexibility index (Phi) is 3.33. The lowest BCUT2D eigenvalue weighted by Gasteiger charge is -2.14. The molecule has 0 saturated heterocycles. The van der Waals surface area contributed by atoms with E-state index in [0.29, 0.717) is 0 Å². The van der Waals surface area contributed by atoms with E-state index in [1.807, 2.05) is 5.32 Å². The smallest absolute Gasteiger partial charge is 0.420 e. The van der Waals surface area contributed by atoms with Gasteiger partial charge in [0.2, 0.25) is 0 Å². The number of alkyl halides is 3. The molecule has 1 aromatic heterocycles. The highest BCUT2D eigenvalue weighted by molar-refractivity contribution is 5.82. The highest BCUT2D eigenvalue weighted by Crippen LogP contribution is 2.31. The molecule has 0 radical (unpaired) electrons. The predicted octanol–water partition coefficient (Wildman–Crippen LogP) is 1.77. The Hall–Kier alpha value is -1.83. The monoisotopic (exact) mass is 236 g/mol. The normalized spacial score (nSPS) is 13.2. The molecule has 1 atom stereocenters. The SMILES string of the molecule is O=C(O)Nc1ccnc(C(O)C(F)(F)F)c1. The number of amides is 1. The molecule has 0 fully saturated rings. The summed E-state index contributed by atoms with van der Waals surface area (Å²) in [7, 11) is 0. The van der Waals surface area contributed by atoms with Gasteiger partial charge in [-0.1, -0.05) is 0 Å². The first kappa shape index (κ1) is 12.2. The van der Waals surface area contributed by atoms with Crippen molar-refractivity contribution in [1.29, 1.82) is 0 Å². The van der Waals surface area contributed by atoms with Gasteiger partial charge in [0.1, 0.15) is 0 Å². The van der Waals surface area contributed by atoms with E-state index in [-0.39, 0.29) is 5.69 Å². The molecule has 1 aromatic rings. The number of nitrogens with zero attached hydrogens (tertiary/aromatic N) is 1. The lowest BCUT2D eigenvalue weighted by atomic mass is 10.2.